The fourth-order valence-electron chi connectivity index (χ4n) is 2.43. The number of sulfone groups is 1. The molecule has 0 amide bonds. The van der Waals surface area contributed by atoms with Gasteiger partial charge in [-0.2, -0.15) is 0 Å². The van der Waals surface area contributed by atoms with Crippen molar-refractivity contribution in [1.82, 2.24) is 4.90 Å². The number of aliphatic hydroxyl groups is 1. The minimum absolute atomic E-state index is 0.231. The van der Waals surface area contributed by atoms with Gasteiger partial charge in [-0.15, -0.1) is 0 Å². The summed E-state index contributed by atoms with van der Waals surface area (Å²) in [4.78, 5) is 2.32. The van der Waals surface area contributed by atoms with Crippen molar-refractivity contribution in [2.24, 2.45) is 0 Å². The van der Waals surface area contributed by atoms with Gasteiger partial charge in [-0.25, -0.2) is 8.42 Å². The second-order valence-corrected chi connectivity index (χ2v) is 7.11. The molecule has 1 fully saturated rings. The van der Waals surface area contributed by atoms with E-state index < -0.39 is 9.84 Å². The van der Waals surface area contributed by atoms with Crippen molar-refractivity contribution in [2.75, 3.05) is 31.2 Å². The van der Waals surface area contributed by atoms with Gasteiger partial charge in [0.05, 0.1) is 11.5 Å². The molecule has 17 heavy (non-hydrogen) atoms. The number of hydrogen-bond donors (Lipinski definition) is 1. The lowest BCUT2D eigenvalue weighted by Gasteiger charge is -2.27. The normalized spacial score (nSPS) is 23.4. The molecule has 1 N–H and O–H groups in total. The lowest BCUT2D eigenvalue weighted by Crippen LogP contribution is -2.37. The van der Waals surface area contributed by atoms with Crippen LogP contribution in [0.4, 0.5) is 0 Å². The van der Waals surface area contributed by atoms with E-state index in [1.165, 1.54) is 0 Å². The lowest BCUT2D eigenvalue weighted by atomic mass is 10.1. The molecule has 1 atom stereocenters. The zero-order valence-corrected chi connectivity index (χ0v) is 11.6. The molecule has 0 aliphatic carbocycles. The van der Waals surface area contributed by atoms with E-state index in [0.717, 1.165) is 45.2 Å². The highest BCUT2D eigenvalue weighted by Gasteiger charge is 2.31. The number of aliphatic hydroxyl groups excluding tert-OH is 1. The van der Waals surface area contributed by atoms with Gasteiger partial charge in [-0.05, 0) is 45.2 Å². The lowest BCUT2D eigenvalue weighted by molar-refractivity contribution is 0.204. The number of unbranched alkanes of at least 4 members (excludes halogenated alkanes) is 2. The van der Waals surface area contributed by atoms with Gasteiger partial charge in [0.15, 0.2) is 9.84 Å². The van der Waals surface area contributed by atoms with Crippen LogP contribution >= 0.6 is 0 Å². The summed E-state index contributed by atoms with van der Waals surface area (Å²) < 4.78 is 22.9. The Kier molecular flexibility index (Phi) is 6.44. The summed E-state index contributed by atoms with van der Waals surface area (Å²) in [5, 5.41) is 8.72. The van der Waals surface area contributed by atoms with Crippen LogP contribution in [0.2, 0.25) is 0 Å². The molecule has 0 spiro atoms. The van der Waals surface area contributed by atoms with Crippen molar-refractivity contribution < 1.29 is 13.5 Å². The maximum Gasteiger partial charge on any atom is 0.151 e. The fourth-order valence-corrected chi connectivity index (χ4v) is 4.19. The van der Waals surface area contributed by atoms with Gasteiger partial charge in [0.25, 0.3) is 0 Å². The van der Waals surface area contributed by atoms with Crippen molar-refractivity contribution >= 4 is 9.84 Å². The van der Waals surface area contributed by atoms with Crippen molar-refractivity contribution in [3.63, 3.8) is 0 Å². The van der Waals surface area contributed by atoms with Crippen molar-refractivity contribution in [3.8, 4) is 0 Å². The average Bonchev–Trinajstić information content (AvgIpc) is 2.63. The summed E-state index contributed by atoms with van der Waals surface area (Å²) in [6.45, 7) is 4.34. The maximum atomic E-state index is 11.5. The Morgan fingerprint density at radius 2 is 2.00 bits per heavy atom. The summed E-state index contributed by atoms with van der Waals surface area (Å²) >= 11 is 0. The molecule has 0 aromatic heterocycles. The molecule has 1 heterocycles. The molecule has 5 heteroatoms. The van der Waals surface area contributed by atoms with Gasteiger partial charge < -0.3 is 5.11 Å². The van der Waals surface area contributed by atoms with E-state index >= 15 is 0 Å². The van der Waals surface area contributed by atoms with E-state index in [1.807, 2.05) is 0 Å². The van der Waals surface area contributed by atoms with Crippen LogP contribution < -0.4 is 0 Å². The highest BCUT2D eigenvalue weighted by molar-refractivity contribution is 7.91. The Labute approximate surface area is 105 Å². The number of hydrogen-bond acceptors (Lipinski definition) is 4. The minimum atomic E-state index is -2.78. The standard InChI is InChI=1S/C12H25NO3S/c1-2-7-13(8-4-3-5-9-14)12-6-10-17(15,16)11-12/h12,14H,2-11H2,1H3. The van der Waals surface area contributed by atoms with Crippen LogP contribution in [0.15, 0.2) is 0 Å². The molecule has 0 aromatic carbocycles. The van der Waals surface area contributed by atoms with Gasteiger partial charge >= 0.3 is 0 Å². The molecule has 1 saturated heterocycles. The van der Waals surface area contributed by atoms with Gasteiger partial charge in [-0.3, -0.25) is 4.90 Å². The molecule has 0 aromatic rings. The molecule has 1 aliphatic heterocycles. The maximum absolute atomic E-state index is 11.5. The summed E-state index contributed by atoms with van der Waals surface area (Å²) in [6.07, 6.45) is 4.79. The van der Waals surface area contributed by atoms with E-state index in [4.69, 9.17) is 5.11 Å². The third-order valence-corrected chi connectivity index (χ3v) is 5.09. The molecule has 102 valence electrons. The molecule has 0 bridgehead atoms. The van der Waals surface area contributed by atoms with Crippen LogP contribution in [-0.2, 0) is 9.84 Å². The van der Waals surface area contributed by atoms with Gasteiger partial charge in [0, 0.05) is 12.6 Å². The van der Waals surface area contributed by atoms with Crippen LogP contribution in [0.5, 0.6) is 0 Å². The molecule has 0 saturated carbocycles. The molecule has 1 unspecified atom stereocenters. The monoisotopic (exact) mass is 263 g/mol. The van der Waals surface area contributed by atoms with Crippen LogP contribution in [-0.4, -0.2) is 55.7 Å². The zero-order chi connectivity index (χ0) is 12.7. The molecule has 4 nitrogen and oxygen atoms in total. The Balaban J connectivity index is 2.37. The van der Waals surface area contributed by atoms with E-state index in [0.29, 0.717) is 11.5 Å². The van der Waals surface area contributed by atoms with Crippen LogP contribution in [0.3, 0.4) is 0 Å². The second-order valence-electron chi connectivity index (χ2n) is 4.88. The van der Waals surface area contributed by atoms with E-state index in [-0.39, 0.29) is 12.6 Å². The molecular formula is C12H25NO3S. The van der Waals surface area contributed by atoms with Crippen molar-refractivity contribution in [1.29, 1.82) is 0 Å². The summed E-state index contributed by atoms with van der Waals surface area (Å²) in [5.74, 6) is 0.696. The first kappa shape index (κ1) is 14.9. The summed E-state index contributed by atoms with van der Waals surface area (Å²) in [7, 11) is -2.78. The fraction of sp³-hybridized carbons (Fsp3) is 1.00. The first-order valence-corrected chi connectivity index (χ1v) is 8.46. The smallest absolute Gasteiger partial charge is 0.151 e. The third kappa shape index (κ3) is 5.36. The molecule has 1 rings (SSSR count). The number of nitrogens with zero attached hydrogens (tertiary/aromatic N) is 1. The Hall–Kier alpha value is -0.130. The van der Waals surface area contributed by atoms with Crippen LogP contribution in [0, 0.1) is 0 Å². The molecular weight excluding hydrogens is 238 g/mol. The number of rotatable bonds is 8. The Morgan fingerprint density at radius 1 is 1.24 bits per heavy atom. The van der Waals surface area contributed by atoms with Crippen molar-refractivity contribution in [2.45, 2.75) is 45.1 Å². The molecule has 0 radical (unpaired) electrons. The quantitative estimate of drug-likeness (QED) is 0.665. The molecule has 1 aliphatic rings. The average molecular weight is 263 g/mol. The third-order valence-electron chi connectivity index (χ3n) is 3.34. The van der Waals surface area contributed by atoms with Crippen LogP contribution in [0.25, 0.3) is 0 Å². The Morgan fingerprint density at radius 3 is 2.53 bits per heavy atom. The van der Waals surface area contributed by atoms with Gasteiger partial charge in [0.1, 0.15) is 0 Å². The van der Waals surface area contributed by atoms with E-state index in [9.17, 15) is 8.42 Å². The van der Waals surface area contributed by atoms with E-state index in [1.54, 1.807) is 0 Å². The predicted molar refractivity (Wildman–Crippen MR) is 69.9 cm³/mol. The topological polar surface area (TPSA) is 57.6 Å². The summed E-state index contributed by atoms with van der Waals surface area (Å²) in [5.41, 5.74) is 0. The summed E-state index contributed by atoms with van der Waals surface area (Å²) in [6, 6.07) is 0.231. The van der Waals surface area contributed by atoms with Gasteiger partial charge in [0.2, 0.25) is 0 Å². The largest absolute Gasteiger partial charge is 0.396 e. The van der Waals surface area contributed by atoms with Crippen LogP contribution in [0.1, 0.15) is 39.0 Å². The highest BCUT2D eigenvalue weighted by Crippen LogP contribution is 2.18. The van der Waals surface area contributed by atoms with Gasteiger partial charge in [-0.1, -0.05) is 6.92 Å². The first-order valence-electron chi connectivity index (χ1n) is 6.64. The second kappa shape index (κ2) is 7.34. The highest BCUT2D eigenvalue weighted by atomic mass is 32.2. The Bertz CT molecular complexity index is 303. The first-order chi connectivity index (χ1) is 8.09. The zero-order valence-electron chi connectivity index (χ0n) is 10.8. The minimum Gasteiger partial charge on any atom is -0.396 e. The van der Waals surface area contributed by atoms with Crippen molar-refractivity contribution in [3.05, 3.63) is 0 Å². The SMILES string of the molecule is CCCN(CCCCCO)C1CCS(=O)(=O)C1. The predicted octanol–water partition coefficient (Wildman–Crippen LogP) is 1.05. The van der Waals surface area contributed by atoms with E-state index in [2.05, 4.69) is 11.8 Å².